The lowest BCUT2D eigenvalue weighted by Crippen LogP contribution is -2.44. The molecule has 29 heavy (non-hydrogen) atoms. The van der Waals surface area contributed by atoms with Gasteiger partial charge in [0, 0.05) is 31.4 Å². The first-order chi connectivity index (χ1) is 13.8. The second-order valence-corrected chi connectivity index (χ2v) is 5.11. The van der Waals surface area contributed by atoms with Crippen molar-refractivity contribution in [2.45, 2.75) is 46.6 Å². The number of benzene rings is 1. The molecule has 1 rings (SSSR count). The van der Waals surface area contributed by atoms with Crippen LogP contribution >= 0.6 is 0 Å². The van der Waals surface area contributed by atoms with E-state index in [1.165, 1.54) is 12.1 Å². The van der Waals surface area contributed by atoms with Gasteiger partial charge in [0.1, 0.15) is 6.04 Å². The van der Waals surface area contributed by atoms with E-state index in [4.69, 9.17) is 17.2 Å². The van der Waals surface area contributed by atoms with E-state index in [0.29, 0.717) is 12.1 Å². The SMILES string of the molecule is CC.CC.CNc1ccc([N+](=O)[O-])cc1C(=O)N[C@@H](CCCN=C(N)N)C(N)=O. The Bertz CT molecular complexity index is 689. The van der Waals surface area contributed by atoms with Crippen molar-refractivity contribution in [2.24, 2.45) is 22.2 Å². The highest BCUT2D eigenvalue weighted by Crippen LogP contribution is 2.22. The summed E-state index contributed by atoms with van der Waals surface area (Å²) in [6.07, 6.45) is 0.640. The summed E-state index contributed by atoms with van der Waals surface area (Å²) in [6, 6.07) is 2.85. The van der Waals surface area contributed by atoms with E-state index in [0.717, 1.165) is 6.07 Å². The predicted octanol–water partition coefficient (Wildman–Crippen LogP) is 1.33. The van der Waals surface area contributed by atoms with E-state index >= 15 is 0 Å². The molecular formula is C18H33N7O4. The third-order valence-electron chi connectivity index (χ3n) is 3.32. The van der Waals surface area contributed by atoms with Gasteiger partial charge in [0.15, 0.2) is 5.96 Å². The summed E-state index contributed by atoms with van der Waals surface area (Å²) in [6.45, 7) is 8.28. The maximum atomic E-state index is 12.4. The lowest BCUT2D eigenvalue weighted by Gasteiger charge is -2.16. The number of amides is 2. The van der Waals surface area contributed by atoms with E-state index in [1.54, 1.807) is 7.05 Å². The standard InChI is InChI=1S/C14H21N7O4.2C2H6/c1-18-10-5-4-8(21(24)25)7-9(10)13(23)20-11(12(15)22)3-2-6-19-14(16)17;2*1-2/h4-5,7,11,18H,2-3,6H2,1H3,(H2,15,22)(H,20,23)(H4,16,17,19);2*1-2H3/t11-;;/m0../s1. The number of guanidine groups is 1. The van der Waals surface area contributed by atoms with E-state index in [9.17, 15) is 19.7 Å². The smallest absolute Gasteiger partial charge is 0.270 e. The van der Waals surface area contributed by atoms with Crippen molar-refractivity contribution in [3.8, 4) is 0 Å². The molecule has 0 aliphatic carbocycles. The van der Waals surface area contributed by atoms with Gasteiger partial charge in [0.25, 0.3) is 11.6 Å². The van der Waals surface area contributed by atoms with Gasteiger partial charge in [-0.1, -0.05) is 27.7 Å². The van der Waals surface area contributed by atoms with Crippen LogP contribution in [-0.2, 0) is 4.79 Å². The van der Waals surface area contributed by atoms with Gasteiger partial charge in [0.2, 0.25) is 5.91 Å². The summed E-state index contributed by atoms with van der Waals surface area (Å²) >= 11 is 0. The third-order valence-corrected chi connectivity index (χ3v) is 3.32. The number of aliphatic imine (C=N–C) groups is 1. The predicted molar refractivity (Wildman–Crippen MR) is 116 cm³/mol. The van der Waals surface area contributed by atoms with Crippen LogP contribution in [0.5, 0.6) is 0 Å². The molecule has 1 atom stereocenters. The van der Waals surface area contributed by atoms with Crippen molar-refractivity contribution < 1.29 is 14.5 Å². The zero-order chi connectivity index (χ0) is 23.0. The molecule has 0 heterocycles. The Labute approximate surface area is 171 Å². The van der Waals surface area contributed by atoms with Gasteiger partial charge in [-0.3, -0.25) is 24.7 Å². The number of non-ortho nitro benzene ring substituents is 1. The van der Waals surface area contributed by atoms with Crippen LogP contribution in [-0.4, -0.2) is 42.3 Å². The summed E-state index contributed by atoms with van der Waals surface area (Å²) in [4.78, 5) is 38.0. The van der Waals surface area contributed by atoms with E-state index in [-0.39, 0.29) is 30.2 Å². The van der Waals surface area contributed by atoms with Crippen LogP contribution < -0.4 is 27.8 Å². The number of carbonyl (C=O) groups excluding carboxylic acids is 2. The number of nitrogens with zero attached hydrogens (tertiary/aromatic N) is 2. The monoisotopic (exact) mass is 411 g/mol. The molecule has 8 N–H and O–H groups in total. The summed E-state index contributed by atoms with van der Waals surface area (Å²) in [5, 5.41) is 16.1. The molecule has 0 bridgehead atoms. The Balaban J connectivity index is 0. The molecule has 0 radical (unpaired) electrons. The highest BCUT2D eigenvalue weighted by Gasteiger charge is 2.22. The van der Waals surface area contributed by atoms with Crippen molar-refractivity contribution in [1.82, 2.24) is 5.32 Å². The maximum absolute atomic E-state index is 12.4. The van der Waals surface area contributed by atoms with Crippen LogP contribution in [0.2, 0.25) is 0 Å². The number of rotatable bonds is 9. The highest BCUT2D eigenvalue weighted by atomic mass is 16.6. The Hall–Kier alpha value is -3.37. The van der Waals surface area contributed by atoms with Gasteiger partial charge >= 0.3 is 0 Å². The molecule has 0 saturated carbocycles. The highest BCUT2D eigenvalue weighted by molar-refractivity contribution is 6.02. The molecule has 1 aromatic rings. The Morgan fingerprint density at radius 3 is 2.21 bits per heavy atom. The van der Waals surface area contributed by atoms with E-state index in [2.05, 4.69) is 15.6 Å². The van der Waals surface area contributed by atoms with Crippen molar-refractivity contribution in [2.75, 3.05) is 18.9 Å². The van der Waals surface area contributed by atoms with Gasteiger partial charge in [-0.25, -0.2) is 0 Å². The van der Waals surface area contributed by atoms with Gasteiger partial charge in [0.05, 0.1) is 10.5 Å². The number of carbonyl (C=O) groups is 2. The number of nitro benzene ring substituents is 1. The van der Waals surface area contributed by atoms with Crippen LogP contribution in [0, 0.1) is 10.1 Å². The zero-order valence-electron chi connectivity index (χ0n) is 17.7. The third kappa shape index (κ3) is 10.5. The maximum Gasteiger partial charge on any atom is 0.270 e. The topological polar surface area (TPSA) is 192 Å². The number of nitrogens with two attached hydrogens (primary N) is 3. The summed E-state index contributed by atoms with van der Waals surface area (Å²) < 4.78 is 0. The number of anilines is 1. The molecule has 0 spiro atoms. The van der Waals surface area contributed by atoms with Crippen molar-refractivity contribution in [3.05, 3.63) is 33.9 Å². The first-order valence-electron chi connectivity index (χ1n) is 9.38. The van der Waals surface area contributed by atoms with Crippen molar-refractivity contribution in [1.29, 1.82) is 0 Å². The Morgan fingerprint density at radius 1 is 1.17 bits per heavy atom. The van der Waals surface area contributed by atoms with Gasteiger partial charge in [-0.15, -0.1) is 0 Å². The fourth-order valence-electron chi connectivity index (χ4n) is 2.08. The largest absolute Gasteiger partial charge is 0.387 e. The molecule has 164 valence electrons. The molecule has 2 amide bonds. The first kappa shape index (κ1) is 27.8. The Morgan fingerprint density at radius 2 is 1.76 bits per heavy atom. The number of hydrogen-bond donors (Lipinski definition) is 5. The van der Waals surface area contributed by atoms with Crippen molar-refractivity contribution in [3.63, 3.8) is 0 Å². The van der Waals surface area contributed by atoms with Gasteiger partial charge in [-0.2, -0.15) is 0 Å². The zero-order valence-corrected chi connectivity index (χ0v) is 17.7. The normalized spacial score (nSPS) is 10.1. The van der Waals surface area contributed by atoms with E-state index in [1.807, 2.05) is 27.7 Å². The van der Waals surface area contributed by atoms with Crippen molar-refractivity contribution >= 4 is 29.1 Å². The van der Waals surface area contributed by atoms with Gasteiger partial charge < -0.3 is 27.8 Å². The molecular weight excluding hydrogens is 378 g/mol. The fourth-order valence-corrected chi connectivity index (χ4v) is 2.08. The molecule has 0 aliphatic rings. The molecule has 0 fully saturated rings. The number of nitrogens with one attached hydrogen (secondary N) is 2. The minimum atomic E-state index is -0.953. The average molecular weight is 412 g/mol. The van der Waals surface area contributed by atoms with Crippen LogP contribution in [0.25, 0.3) is 0 Å². The number of primary amides is 1. The van der Waals surface area contributed by atoms with Crippen LogP contribution in [0.15, 0.2) is 23.2 Å². The lowest BCUT2D eigenvalue weighted by atomic mass is 10.1. The molecule has 0 aromatic heterocycles. The minimum absolute atomic E-state index is 0.0344. The number of nitro groups is 1. The summed E-state index contributed by atoms with van der Waals surface area (Å²) in [7, 11) is 1.57. The summed E-state index contributed by atoms with van der Waals surface area (Å²) in [5.41, 5.74) is 15.9. The van der Waals surface area contributed by atoms with Crippen LogP contribution in [0.3, 0.4) is 0 Å². The molecule has 0 saturated heterocycles. The quantitative estimate of drug-likeness (QED) is 0.133. The second-order valence-electron chi connectivity index (χ2n) is 5.11. The molecule has 11 heteroatoms. The molecule has 0 unspecified atom stereocenters. The van der Waals surface area contributed by atoms with Crippen LogP contribution in [0.1, 0.15) is 50.9 Å². The first-order valence-corrected chi connectivity index (χ1v) is 9.38. The molecule has 1 aromatic carbocycles. The molecule has 11 nitrogen and oxygen atoms in total. The van der Waals surface area contributed by atoms with E-state index < -0.39 is 22.8 Å². The van der Waals surface area contributed by atoms with Crippen LogP contribution in [0.4, 0.5) is 11.4 Å². The molecule has 0 aliphatic heterocycles. The summed E-state index contributed by atoms with van der Waals surface area (Å²) in [5.74, 6) is -1.46. The average Bonchev–Trinajstić information content (AvgIpc) is 2.72. The second kappa shape index (κ2) is 15.7. The Kier molecular flexibility index (Phi) is 15.0. The minimum Gasteiger partial charge on any atom is -0.387 e. The number of hydrogen-bond acceptors (Lipinski definition) is 6. The fraction of sp³-hybridized carbons (Fsp3) is 0.500. The lowest BCUT2D eigenvalue weighted by molar-refractivity contribution is -0.384. The van der Waals surface area contributed by atoms with Gasteiger partial charge in [-0.05, 0) is 18.9 Å².